The quantitative estimate of drug-likeness (QED) is 0.836. The lowest BCUT2D eigenvalue weighted by molar-refractivity contribution is 0.00527. The Morgan fingerprint density at radius 1 is 1.50 bits per heavy atom. The Balaban J connectivity index is 1.92. The van der Waals surface area contributed by atoms with Crippen molar-refractivity contribution in [1.82, 2.24) is 5.32 Å². The zero-order valence-corrected chi connectivity index (χ0v) is 12.2. The van der Waals surface area contributed by atoms with Crippen LogP contribution in [0, 0.1) is 0 Å². The predicted octanol–water partition coefficient (Wildman–Crippen LogP) is 2.90. The molecule has 1 aromatic heterocycles. The highest BCUT2D eigenvalue weighted by Gasteiger charge is 2.29. The molecule has 5 heteroatoms. The van der Waals surface area contributed by atoms with Gasteiger partial charge in [-0.05, 0) is 30.5 Å². The topological polar surface area (TPSA) is 49.3 Å². The molecule has 18 heavy (non-hydrogen) atoms. The second-order valence-corrected chi connectivity index (χ2v) is 6.55. The zero-order valence-electron chi connectivity index (χ0n) is 10.6. The molecule has 1 aromatic rings. The highest BCUT2D eigenvalue weighted by atomic mass is 32.2. The van der Waals surface area contributed by atoms with Crippen LogP contribution >= 0.6 is 23.1 Å². The summed E-state index contributed by atoms with van der Waals surface area (Å²) in [6.45, 7) is 0.373. The standard InChI is InChI=1S/C13H19NO2S2/c1-17-10-5-8-18-11(10)12(15)14-9-13(16)6-3-2-4-7-13/h5,8,16H,2-4,6-7,9H2,1H3,(H,14,15). The molecular formula is C13H19NO2S2. The molecule has 3 nitrogen and oxygen atoms in total. The second-order valence-electron chi connectivity index (χ2n) is 4.79. The molecule has 1 fully saturated rings. The van der Waals surface area contributed by atoms with Crippen molar-refractivity contribution < 1.29 is 9.90 Å². The van der Waals surface area contributed by atoms with E-state index in [0.717, 1.165) is 35.5 Å². The number of aliphatic hydroxyl groups is 1. The molecule has 1 aliphatic rings. The van der Waals surface area contributed by atoms with Crippen LogP contribution < -0.4 is 5.32 Å². The van der Waals surface area contributed by atoms with Crippen LogP contribution in [0.3, 0.4) is 0 Å². The van der Waals surface area contributed by atoms with Gasteiger partial charge in [0.05, 0.1) is 5.60 Å². The molecule has 0 unspecified atom stereocenters. The Labute approximate surface area is 116 Å². The highest BCUT2D eigenvalue weighted by molar-refractivity contribution is 7.98. The number of nitrogens with one attached hydrogen (secondary N) is 1. The van der Waals surface area contributed by atoms with E-state index in [9.17, 15) is 9.90 Å². The van der Waals surface area contributed by atoms with Crippen LogP contribution in [0.2, 0.25) is 0 Å². The summed E-state index contributed by atoms with van der Waals surface area (Å²) in [4.78, 5) is 13.8. The van der Waals surface area contributed by atoms with Crippen molar-refractivity contribution in [3.8, 4) is 0 Å². The number of thioether (sulfide) groups is 1. The number of hydrogen-bond acceptors (Lipinski definition) is 4. The Bertz CT molecular complexity index is 411. The van der Waals surface area contributed by atoms with Crippen LogP contribution in [-0.4, -0.2) is 29.4 Å². The van der Waals surface area contributed by atoms with Crippen molar-refractivity contribution in [3.63, 3.8) is 0 Å². The van der Waals surface area contributed by atoms with Crippen LogP contribution in [0.25, 0.3) is 0 Å². The third-order valence-corrected chi connectivity index (χ3v) is 5.24. The van der Waals surface area contributed by atoms with Gasteiger partial charge in [-0.15, -0.1) is 23.1 Å². The van der Waals surface area contributed by atoms with E-state index in [1.807, 2.05) is 17.7 Å². The lowest BCUT2D eigenvalue weighted by atomic mass is 9.85. The number of amides is 1. The number of hydrogen-bond donors (Lipinski definition) is 2. The van der Waals surface area contributed by atoms with Crippen LogP contribution in [0.1, 0.15) is 41.8 Å². The molecule has 0 aliphatic heterocycles. The monoisotopic (exact) mass is 285 g/mol. The minimum absolute atomic E-state index is 0.0617. The highest BCUT2D eigenvalue weighted by Crippen LogP contribution is 2.28. The van der Waals surface area contributed by atoms with Gasteiger partial charge in [-0.2, -0.15) is 0 Å². The van der Waals surface area contributed by atoms with Gasteiger partial charge in [0.2, 0.25) is 0 Å². The average molecular weight is 285 g/mol. The molecule has 0 aromatic carbocycles. The fourth-order valence-corrected chi connectivity index (χ4v) is 4.00. The molecule has 0 spiro atoms. The SMILES string of the molecule is CSc1ccsc1C(=O)NCC1(O)CCCCC1. The Morgan fingerprint density at radius 2 is 2.22 bits per heavy atom. The summed E-state index contributed by atoms with van der Waals surface area (Å²) in [7, 11) is 0. The van der Waals surface area contributed by atoms with E-state index in [-0.39, 0.29) is 5.91 Å². The van der Waals surface area contributed by atoms with Gasteiger partial charge in [-0.3, -0.25) is 4.79 Å². The smallest absolute Gasteiger partial charge is 0.262 e. The molecule has 100 valence electrons. The van der Waals surface area contributed by atoms with E-state index in [0.29, 0.717) is 6.54 Å². The molecular weight excluding hydrogens is 266 g/mol. The van der Waals surface area contributed by atoms with E-state index < -0.39 is 5.60 Å². The first kappa shape index (κ1) is 13.9. The maximum Gasteiger partial charge on any atom is 0.262 e. The van der Waals surface area contributed by atoms with Gasteiger partial charge in [-0.25, -0.2) is 0 Å². The lowest BCUT2D eigenvalue weighted by Crippen LogP contribution is -2.44. The van der Waals surface area contributed by atoms with Crippen molar-refractivity contribution in [2.24, 2.45) is 0 Å². The molecule has 2 N–H and O–H groups in total. The zero-order chi connectivity index (χ0) is 13.0. The lowest BCUT2D eigenvalue weighted by Gasteiger charge is -2.32. The molecule has 2 rings (SSSR count). The van der Waals surface area contributed by atoms with E-state index in [2.05, 4.69) is 5.32 Å². The molecule has 1 saturated carbocycles. The largest absolute Gasteiger partial charge is 0.388 e. The Morgan fingerprint density at radius 3 is 2.89 bits per heavy atom. The summed E-state index contributed by atoms with van der Waals surface area (Å²) in [6.07, 6.45) is 6.87. The van der Waals surface area contributed by atoms with Crippen LogP contribution in [0.5, 0.6) is 0 Å². The van der Waals surface area contributed by atoms with E-state index in [1.165, 1.54) is 17.8 Å². The Kier molecular flexibility index (Phi) is 4.70. The normalized spacial score (nSPS) is 18.6. The first-order valence-corrected chi connectivity index (χ1v) is 8.37. The molecule has 0 atom stereocenters. The molecule has 0 bridgehead atoms. The van der Waals surface area contributed by atoms with Crippen LogP contribution in [0.4, 0.5) is 0 Å². The summed E-state index contributed by atoms with van der Waals surface area (Å²) >= 11 is 3.03. The van der Waals surface area contributed by atoms with E-state index in [1.54, 1.807) is 11.8 Å². The van der Waals surface area contributed by atoms with Gasteiger partial charge < -0.3 is 10.4 Å². The second kappa shape index (κ2) is 6.08. The van der Waals surface area contributed by atoms with Gasteiger partial charge in [0.1, 0.15) is 4.88 Å². The summed E-state index contributed by atoms with van der Waals surface area (Å²) in [5.41, 5.74) is -0.690. The van der Waals surface area contributed by atoms with Gasteiger partial charge in [0.25, 0.3) is 5.91 Å². The summed E-state index contributed by atoms with van der Waals surface area (Å²) in [5.74, 6) is -0.0617. The minimum atomic E-state index is -0.690. The van der Waals surface area contributed by atoms with Crippen molar-refractivity contribution in [3.05, 3.63) is 16.3 Å². The molecule has 0 radical (unpaired) electrons. The Hall–Kier alpha value is -0.520. The summed E-state index contributed by atoms with van der Waals surface area (Å²) < 4.78 is 0. The maximum absolute atomic E-state index is 12.0. The van der Waals surface area contributed by atoms with Crippen LogP contribution in [-0.2, 0) is 0 Å². The van der Waals surface area contributed by atoms with E-state index in [4.69, 9.17) is 0 Å². The van der Waals surface area contributed by atoms with Crippen molar-refractivity contribution in [2.75, 3.05) is 12.8 Å². The first-order chi connectivity index (χ1) is 8.64. The van der Waals surface area contributed by atoms with Gasteiger partial charge in [0, 0.05) is 11.4 Å². The molecule has 0 saturated heterocycles. The number of carbonyl (C=O) groups is 1. The fourth-order valence-electron chi connectivity index (χ4n) is 2.34. The first-order valence-electron chi connectivity index (χ1n) is 6.27. The molecule has 1 heterocycles. The minimum Gasteiger partial charge on any atom is -0.388 e. The third-order valence-electron chi connectivity index (χ3n) is 3.42. The van der Waals surface area contributed by atoms with Crippen LogP contribution in [0.15, 0.2) is 16.3 Å². The number of rotatable bonds is 4. The van der Waals surface area contributed by atoms with Gasteiger partial charge in [0.15, 0.2) is 0 Å². The predicted molar refractivity (Wildman–Crippen MR) is 76.5 cm³/mol. The maximum atomic E-state index is 12.0. The summed E-state index contributed by atoms with van der Waals surface area (Å²) in [6, 6.07) is 1.96. The van der Waals surface area contributed by atoms with E-state index >= 15 is 0 Å². The van der Waals surface area contributed by atoms with Crippen molar-refractivity contribution >= 4 is 29.0 Å². The molecule has 1 aliphatic carbocycles. The number of carbonyl (C=O) groups excluding carboxylic acids is 1. The fraction of sp³-hybridized carbons (Fsp3) is 0.615. The third kappa shape index (κ3) is 3.28. The average Bonchev–Trinajstić information content (AvgIpc) is 2.85. The van der Waals surface area contributed by atoms with Crippen molar-refractivity contribution in [1.29, 1.82) is 0 Å². The summed E-state index contributed by atoms with van der Waals surface area (Å²) in [5, 5.41) is 15.1. The van der Waals surface area contributed by atoms with Crippen molar-refractivity contribution in [2.45, 2.75) is 42.6 Å². The van der Waals surface area contributed by atoms with Gasteiger partial charge in [-0.1, -0.05) is 19.3 Å². The number of thiophene rings is 1. The van der Waals surface area contributed by atoms with Gasteiger partial charge >= 0.3 is 0 Å². The molecule has 1 amide bonds.